The fraction of sp³-hybridized carbons (Fsp3) is 0.562. The van der Waals surface area contributed by atoms with Crippen LogP contribution in [0.4, 0.5) is 0 Å². The molecule has 3 unspecified atom stereocenters. The molecule has 3 N–H and O–H groups in total. The molecule has 3 atom stereocenters. The van der Waals surface area contributed by atoms with Crippen molar-refractivity contribution in [2.24, 2.45) is 11.7 Å². The number of likely N-dealkylation sites (N-methyl/N-ethyl adjacent to an activating group) is 1. The topological polar surface area (TPSA) is 58.4 Å². The lowest BCUT2D eigenvalue weighted by Gasteiger charge is -2.26. The van der Waals surface area contributed by atoms with E-state index in [9.17, 15) is 4.79 Å². The molecule has 1 amide bonds. The molecule has 1 aromatic rings. The number of nitrogens with zero attached hydrogens (tertiary/aromatic N) is 1. The van der Waals surface area contributed by atoms with Crippen molar-refractivity contribution in [3.63, 3.8) is 0 Å². The lowest BCUT2D eigenvalue weighted by molar-refractivity contribution is -0.124. The Balaban J connectivity index is 2.78. The normalized spacial score (nSPS) is 15.7. The highest BCUT2D eigenvalue weighted by Crippen LogP contribution is 2.14. The fourth-order valence-corrected chi connectivity index (χ4v) is 2.07. The van der Waals surface area contributed by atoms with E-state index in [1.165, 1.54) is 0 Å². The largest absolute Gasteiger partial charge is 0.347 e. The van der Waals surface area contributed by atoms with Crippen LogP contribution in [0.3, 0.4) is 0 Å². The minimum absolute atomic E-state index is 0.0335. The standard InChI is InChI=1S/C16H27N3O/c1-5-12(2)15(17)16(20)18-14(11-19(3)4)13-9-7-6-8-10-13/h6-10,12,14-15H,5,11,17H2,1-4H3,(H,18,20). The molecule has 0 saturated heterocycles. The molecule has 0 saturated carbocycles. The summed E-state index contributed by atoms with van der Waals surface area (Å²) in [6.07, 6.45) is 0.901. The number of carbonyl (C=O) groups excluding carboxylic acids is 1. The predicted molar refractivity (Wildman–Crippen MR) is 83.3 cm³/mol. The van der Waals surface area contributed by atoms with Gasteiger partial charge >= 0.3 is 0 Å². The van der Waals surface area contributed by atoms with E-state index in [4.69, 9.17) is 5.73 Å². The highest BCUT2D eigenvalue weighted by Gasteiger charge is 2.23. The molecule has 112 valence electrons. The first-order valence-corrected chi connectivity index (χ1v) is 7.21. The van der Waals surface area contributed by atoms with E-state index in [0.717, 1.165) is 18.5 Å². The first-order chi connectivity index (χ1) is 9.45. The molecule has 0 bridgehead atoms. The summed E-state index contributed by atoms with van der Waals surface area (Å²) in [5, 5.41) is 3.07. The monoisotopic (exact) mass is 277 g/mol. The van der Waals surface area contributed by atoms with Gasteiger partial charge in [-0.25, -0.2) is 0 Å². The van der Waals surface area contributed by atoms with Gasteiger partial charge in [0.05, 0.1) is 12.1 Å². The van der Waals surface area contributed by atoms with E-state index in [1.54, 1.807) is 0 Å². The molecular weight excluding hydrogens is 250 g/mol. The molecule has 4 heteroatoms. The Morgan fingerprint density at radius 3 is 2.40 bits per heavy atom. The van der Waals surface area contributed by atoms with Gasteiger partial charge in [0.25, 0.3) is 0 Å². The maximum absolute atomic E-state index is 12.3. The SMILES string of the molecule is CCC(C)C(N)C(=O)NC(CN(C)C)c1ccccc1. The van der Waals surface area contributed by atoms with Crippen LogP contribution in [0.1, 0.15) is 31.9 Å². The summed E-state index contributed by atoms with van der Waals surface area (Å²) in [6.45, 7) is 4.81. The number of benzene rings is 1. The van der Waals surface area contributed by atoms with Crippen LogP contribution in [0, 0.1) is 5.92 Å². The summed E-state index contributed by atoms with van der Waals surface area (Å²) < 4.78 is 0. The summed E-state index contributed by atoms with van der Waals surface area (Å²) in [7, 11) is 3.99. The molecule has 0 aliphatic heterocycles. The first kappa shape index (κ1) is 16.7. The number of carbonyl (C=O) groups is 1. The molecule has 0 aromatic heterocycles. The molecule has 0 aliphatic carbocycles. The van der Waals surface area contributed by atoms with Crippen LogP contribution >= 0.6 is 0 Å². The second kappa shape index (κ2) is 8.02. The number of nitrogens with one attached hydrogen (secondary N) is 1. The van der Waals surface area contributed by atoms with Gasteiger partial charge in [-0.1, -0.05) is 50.6 Å². The molecule has 0 aliphatic rings. The van der Waals surface area contributed by atoms with Gasteiger partial charge in [0.15, 0.2) is 0 Å². The molecule has 1 rings (SSSR count). The Bertz CT molecular complexity index is 405. The van der Waals surface area contributed by atoms with Crippen molar-refractivity contribution in [1.82, 2.24) is 10.2 Å². The third-order valence-electron chi connectivity index (χ3n) is 3.63. The van der Waals surface area contributed by atoms with E-state index < -0.39 is 6.04 Å². The predicted octanol–water partition coefficient (Wildman–Crippen LogP) is 1.78. The highest BCUT2D eigenvalue weighted by atomic mass is 16.2. The molecule has 4 nitrogen and oxygen atoms in total. The van der Waals surface area contributed by atoms with Gasteiger partial charge in [-0.3, -0.25) is 4.79 Å². The Morgan fingerprint density at radius 1 is 1.30 bits per heavy atom. The van der Waals surface area contributed by atoms with E-state index in [2.05, 4.69) is 10.2 Å². The maximum Gasteiger partial charge on any atom is 0.237 e. The third-order valence-corrected chi connectivity index (χ3v) is 3.63. The minimum atomic E-state index is -0.451. The average molecular weight is 277 g/mol. The second-order valence-electron chi connectivity index (χ2n) is 5.65. The number of hydrogen-bond donors (Lipinski definition) is 2. The van der Waals surface area contributed by atoms with Crippen LogP contribution in [0.5, 0.6) is 0 Å². The number of rotatable bonds is 7. The van der Waals surface area contributed by atoms with Crippen molar-refractivity contribution < 1.29 is 4.79 Å². The number of amides is 1. The summed E-state index contributed by atoms with van der Waals surface area (Å²) in [4.78, 5) is 14.3. The summed E-state index contributed by atoms with van der Waals surface area (Å²) >= 11 is 0. The summed E-state index contributed by atoms with van der Waals surface area (Å²) in [5.74, 6) is 0.112. The molecule has 20 heavy (non-hydrogen) atoms. The van der Waals surface area contributed by atoms with E-state index >= 15 is 0 Å². The van der Waals surface area contributed by atoms with Crippen molar-refractivity contribution in [3.05, 3.63) is 35.9 Å². The second-order valence-corrected chi connectivity index (χ2v) is 5.65. The van der Waals surface area contributed by atoms with Gasteiger partial charge in [-0.05, 0) is 25.6 Å². The van der Waals surface area contributed by atoms with Gasteiger partial charge in [0.1, 0.15) is 0 Å². The van der Waals surface area contributed by atoms with Gasteiger partial charge in [-0.15, -0.1) is 0 Å². The number of hydrogen-bond acceptors (Lipinski definition) is 3. The lowest BCUT2D eigenvalue weighted by atomic mass is 9.98. The van der Waals surface area contributed by atoms with Crippen molar-refractivity contribution >= 4 is 5.91 Å². The third kappa shape index (κ3) is 4.94. The molecule has 0 spiro atoms. The van der Waals surface area contributed by atoms with Crippen LogP contribution in [-0.4, -0.2) is 37.5 Å². The first-order valence-electron chi connectivity index (χ1n) is 7.21. The van der Waals surface area contributed by atoms with Crippen LogP contribution in [-0.2, 0) is 4.79 Å². The van der Waals surface area contributed by atoms with Crippen molar-refractivity contribution in [3.8, 4) is 0 Å². The average Bonchev–Trinajstić information content (AvgIpc) is 2.45. The molecule has 1 aromatic carbocycles. The molecule has 0 heterocycles. The van der Waals surface area contributed by atoms with E-state index in [1.807, 2.05) is 58.3 Å². The Hall–Kier alpha value is -1.39. The van der Waals surface area contributed by atoms with Crippen LogP contribution in [0.2, 0.25) is 0 Å². The zero-order chi connectivity index (χ0) is 15.1. The zero-order valence-electron chi connectivity index (χ0n) is 13.0. The maximum atomic E-state index is 12.3. The minimum Gasteiger partial charge on any atom is -0.347 e. The Morgan fingerprint density at radius 2 is 1.90 bits per heavy atom. The smallest absolute Gasteiger partial charge is 0.237 e. The van der Waals surface area contributed by atoms with Crippen molar-refractivity contribution in [2.75, 3.05) is 20.6 Å². The van der Waals surface area contributed by atoms with E-state index in [-0.39, 0.29) is 17.9 Å². The van der Waals surface area contributed by atoms with Gasteiger partial charge in [0.2, 0.25) is 5.91 Å². The molecule has 0 fully saturated rings. The van der Waals surface area contributed by atoms with Gasteiger partial charge in [0, 0.05) is 6.54 Å². The van der Waals surface area contributed by atoms with Crippen LogP contribution in [0.25, 0.3) is 0 Å². The van der Waals surface area contributed by atoms with Gasteiger partial charge < -0.3 is 16.0 Å². The Labute approximate surface area is 122 Å². The van der Waals surface area contributed by atoms with Crippen LogP contribution < -0.4 is 11.1 Å². The molecular formula is C16H27N3O. The van der Waals surface area contributed by atoms with Gasteiger partial charge in [-0.2, -0.15) is 0 Å². The quantitative estimate of drug-likeness (QED) is 0.798. The van der Waals surface area contributed by atoms with Crippen LogP contribution in [0.15, 0.2) is 30.3 Å². The number of nitrogens with two attached hydrogens (primary N) is 1. The molecule has 0 radical (unpaired) electrons. The summed E-state index contributed by atoms with van der Waals surface area (Å²) in [6, 6.07) is 9.52. The zero-order valence-corrected chi connectivity index (χ0v) is 13.0. The lowest BCUT2D eigenvalue weighted by Crippen LogP contribution is -2.47. The van der Waals surface area contributed by atoms with Crippen molar-refractivity contribution in [1.29, 1.82) is 0 Å². The van der Waals surface area contributed by atoms with E-state index in [0.29, 0.717) is 0 Å². The Kier molecular flexibility index (Phi) is 6.68. The fourth-order valence-electron chi connectivity index (χ4n) is 2.07. The summed E-state index contributed by atoms with van der Waals surface area (Å²) in [5.41, 5.74) is 7.11. The van der Waals surface area contributed by atoms with Crippen molar-refractivity contribution in [2.45, 2.75) is 32.4 Å². The highest BCUT2D eigenvalue weighted by molar-refractivity contribution is 5.82.